The van der Waals surface area contributed by atoms with E-state index >= 15 is 0 Å². The number of hydrogen-bond acceptors (Lipinski definition) is 4. The molecule has 0 aromatic carbocycles. The molecule has 106 valence electrons. The summed E-state index contributed by atoms with van der Waals surface area (Å²) < 4.78 is 4.80. The average Bonchev–Trinajstić information content (AvgIpc) is 2.37. The predicted octanol–water partition coefficient (Wildman–Crippen LogP) is -0.537. The molecule has 6 nitrogen and oxygen atoms in total. The minimum atomic E-state index is -0.420. The van der Waals surface area contributed by atoms with Gasteiger partial charge in [-0.3, -0.25) is 9.59 Å². The topological polar surface area (TPSA) is 75.9 Å². The summed E-state index contributed by atoms with van der Waals surface area (Å²) in [5.41, 5.74) is 5.70. The van der Waals surface area contributed by atoms with Crippen LogP contribution < -0.4 is 5.73 Å². The maximum Gasteiger partial charge on any atom is 0.248 e. The Bertz CT molecular complexity index is 281. The van der Waals surface area contributed by atoms with Crippen molar-refractivity contribution < 1.29 is 14.3 Å². The fourth-order valence-corrected chi connectivity index (χ4v) is 1.80. The molecule has 0 spiro atoms. The molecule has 0 unspecified atom stereocenters. The first-order valence-electron chi connectivity index (χ1n) is 5.91. The highest BCUT2D eigenvalue weighted by Crippen LogP contribution is 2.05. The highest BCUT2D eigenvalue weighted by Gasteiger charge is 2.26. The SMILES string of the molecule is CC[C@H](N)C(=O)N1CCN(C(=O)COC)CC1.Cl. The van der Waals surface area contributed by atoms with Gasteiger partial charge in [-0.15, -0.1) is 12.4 Å². The Morgan fingerprint density at radius 1 is 1.22 bits per heavy atom. The van der Waals surface area contributed by atoms with E-state index in [1.807, 2.05) is 6.92 Å². The number of hydrogen-bond donors (Lipinski definition) is 1. The number of amides is 2. The molecule has 1 fully saturated rings. The molecule has 0 aromatic rings. The van der Waals surface area contributed by atoms with Gasteiger partial charge >= 0.3 is 0 Å². The van der Waals surface area contributed by atoms with E-state index in [-0.39, 0.29) is 30.8 Å². The van der Waals surface area contributed by atoms with Crippen molar-refractivity contribution >= 4 is 24.2 Å². The van der Waals surface area contributed by atoms with Gasteiger partial charge in [0.25, 0.3) is 0 Å². The lowest BCUT2D eigenvalue weighted by molar-refractivity contribution is -0.142. The molecule has 1 aliphatic heterocycles. The van der Waals surface area contributed by atoms with E-state index in [0.29, 0.717) is 32.6 Å². The smallest absolute Gasteiger partial charge is 0.248 e. The van der Waals surface area contributed by atoms with Crippen LogP contribution in [-0.4, -0.2) is 67.6 Å². The van der Waals surface area contributed by atoms with Crippen LogP contribution >= 0.6 is 12.4 Å². The molecule has 0 radical (unpaired) electrons. The van der Waals surface area contributed by atoms with Crippen molar-refractivity contribution in [3.8, 4) is 0 Å². The first-order valence-corrected chi connectivity index (χ1v) is 5.91. The molecule has 0 bridgehead atoms. The summed E-state index contributed by atoms with van der Waals surface area (Å²) in [4.78, 5) is 26.8. The predicted molar refractivity (Wildman–Crippen MR) is 70.6 cm³/mol. The van der Waals surface area contributed by atoms with E-state index in [0.717, 1.165) is 0 Å². The molecular weight excluding hydrogens is 258 g/mol. The standard InChI is InChI=1S/C11H21N3O3.ClH/c1-3-9(12)11(16)14-6-4-13(5-7-14)10(15)8-17-2;/h9H,3-8,12H2,1-2H3;1H/t9-;/m0./s1. The lowest BCUT2D eigenvalue weighted by Crippen LogP contribution is -2.54. The lowest BCUT2D eigenvalue weighted by atomic mass is 10.2. The zero-order valence-corrected chi connectivity index (χ0v) is 11.7. The second-order valence-electron chi connectivity index (χ2n) is 4.15. The largest absolute Gasteiger partial charge is 0.375 e. The van der Waals surface area contributed by atoms with E-state index < -0.39 is 6.04 Å². The molecule has 1 atom stereocenters. The zero-order chi connectivity index (χ0) is 12.8. The van der Waals surface area contributed by atoms with E-state index in [2.05, 4.69) is 0 Å². The van der Waals surface area contributed by atoms with Gasteiger partial charge < -0.3 is 20.3 Å². The van der Waals surface area contributed by atoms with Gasteiger partial charge in [0.15, 0.2) is 0 Å². The molecule has 7 heteroatoms. The van der Waals surface area contributed by atoms with Crippen molar-refractivity contribution in [2.45, 2.75) is 19.4 Å². The maximum atomic E-state index is 11.8. The summed E-state index contributed by atoms with van der Waals surface area (Å²) in [5.74, 6) is -0.0503. The quantitative estimate of drug-likeness (QED) is 0.750. The number of halogens is 1. The van der Waals surface area contributed by atoms with Crippen LogP contribution in [0.25, 0.3) is 0 Å². The molecule has 1 heterocycles. The fourth-order valence-electron chi connectivity index (χ4n) is 1.80. The van der Waals surface area contributed by atoms with Crippen LogP contribution in [-0.2, 0) is 14.3 Å². The van der Waals surface area contributed by atoms with Gasteiger partial charge in [0.05, 0.1) is 6.04 Å². The Morgan fingerprint density at radius 3 is 2.17 bits per heavy atom. The van der Waals surface area contributed by atoms with Crippen molar-refractivity contribution in [1.82, 2.24) is 9.80 Å². The van der Waals surface area contributed by atoms with Crippen LogP contribution in [0.15, 0.2) is 0 Å². The lowest BCUT2D eigenvalue weighted by Gasteiger charge is -2.35. The molecule has 1 aliphatic rings. The van der Waals surface area contributed by atoms with E-state index in [1.165, 1.54) is 7.11 Å². The van der Waals surface area contributed by atoms with Crippen LogP contribution in [0.1, 0.15) is 13.3 Å². The number of nitrogens with zero attached hydrogens (tertiary/aromatic N) is 2. The van der Waals surface area contributed by atoms with Gasteiger partial charge in [-0.25, -0.2) is 0 Å². The number of piperazine rings is 1. The van der Waals surface area contributed by atoms with E-state index in [9.17, 15) is 9.59 Å². The second kappa shape index (κ2) is 8.29. The van der Waals surface area contributed by atoms with Crippen molar-refractivity contribution in [2.24, 2.45) is 5.73 Å². The van der Waals surface area contributed by atoms with Crippen molar-refractivity contribution in [2.75, 3.05) is 39.9 Å². The summed E-state index contributed by atoms with van der Waals surface area (Å²) in [7, 11) is 1.50. The van der Waals surface area contributed by atoms with Crippen LogP contribution in [0.2, 0.25) is 0 Å². The zero-order valence-electron chi connectivity index (χ0n) is 10.9. The molecule has 1 saturated heterocycles. The summed E-state index contributed by atoms with van der Waals surface area (Å²) in [6.45, 7) is 4.22. The van der Waals surface area contributed by atoms with Crippen molar-refractivity contribution in [1.29, 1.82) is 0 Å². The van der Waals surface area contributed by atoms with Gasteiger partial charge in [-0.05, 0) is 6.42 Å². The Balaban J connectivity index is 0.00000289. The number of ether oxygens (including phenoxy) is 1. The Labute approximate surface area is 114 Å². The monoisotopic (exact) mass is 279 g/mol. The van der Waals surface area contributed by atoms with Crippen LogP contribution in [0.4, 0.5) is 0 Å². The molecule has 18 heavy (non-hydrogen) atoms. The minimum Gasteiger partial charge on any atom is -0.375 e. The highest BCUT2D eigenvalue weighted by atomic mass is 35.5. The summed E-state index contributed by atoms with van der Waals surface area (Å²) in [6.07, 6.45) is 0.641. The van der Waals surface area contributed by atoms with Gasteiger partial charge in [-0.1, -0.05) is 6.92 Å². The Kier molecular flexibility index (Phi) is 7.90. The molecule has 0 saturated carbocycles. The van der Waals surface area contributed by atoms with Gasteiger partial charge in [0, 0.05) is 33.3 Å². The maximum absolute atomic E-state index is 11.8. The normalized spacial score (nSPS) is 17.1. The first-order chi connectivity index (χ1) is 8.10. The van der Waals surface area contributed by atoms with Crippen molar-refractivity contribution in [3.63, 3.8) is 0 Å². The average molecular weight is 280 g/mol. The van der Waals surface area contributed by atoms with E-state index in [1.54, 1.807) is 9.80 Å². The fraction of sp³-hybridized carbons (Fsp3) is 0.818. The molecule has 2 amide bonds. The second-order valence-corrected chi connectivity index (χ2v) is 4.15. The van der Waals surface area contributed by atoms with Crippen LogP contribution in [0.5, 0.6) is 0 Å². The van der Waals surface area contributed by atoms with Crippen molar-refractivity contribution in [3.05, 3.63) is 0 Å². The Morgan fingerprint density at radius 2 is 1.72 bits per heavy atom. The molecular formula is C11H22ClN3O3. The van der Waals surface area contributed by atoms with Gasteiger partial charge in [0.2, 0.25) is 11.8 Å². The summed E-state index contributed by atoms with van der Waals surface area (Å²) in [6, 6.07) is -0.420. The first kappa shape index (κ1) is 17.2. The third-order valence-corrected chi connectivity index (χ3v) is 2.97. The Hall–Kier alpha value is -0.850. The number of nitrogens with two attached hydrogens (primary N) is 1. The number of carbonyl (C=O) groups is 2. The van der Waals surface area contributed by atoms with Crippen LogP contribution in [0, 0.1) is 0 Å². The third kappa shape index (κ3) is 4.44. The molecule has 2 N–H and O–H groups in total. The number of methoxy groups -OCH3 is 1. The van der Waals surface area contributed by atoms with Gasteiger partial charge in [0.1, 0.15) is 6.61 Å². The summed E-state index contributed by atoms with van der Waals surface area (Å²) >= 11 is 0. The van der Waals surface area contributed by atoms with E-state index in [4.69, 9.17) is 10.5 Å². The molecule has 0 aromatic heterocycles. The van der Waals surface area contributed by atoms with Crippen LogP contribution in [0.3, 0.4) is 0 Å². The molecule has 0 aliphatic carbocycles. The highest BCUT2D eigenvalue weighted by molar-refractivity contribution is 5.85. The molecule has 1 rings (SSSR count). The summed E-state index contributed by atoms with van der Waals surface area (Å²) in [5, 5.41) is 0. The number of rotatable bonds is 4. The third-order valence-electron chi connectivity index (χ3n) is 2.97. The van der Waals surface area contributed by atoms with Gasteiger partial charge in [-0.2, -0.15) is 0 Å². The minimum absolute atomic E-state index is 0. The number of carbonyl (C=O) groups excluding carboxylic acids is 2.